The SMILES string of the molecule is O=C(Nc1ccc(F)c(C(F)(F)F)c1)c1cnc2ccccn2c1=O. The first-order valence-electron chi connectivity index (χ1n) is 6.92. The number of alkyl halides is 3. The van der Waals surface area contributed by atoms with Gasteiger partial charge in [-0.15, -0.1) is 0 Å². The first kappa shape index (κ1) is 16.6. The van der Waals surface area contributed by atoms with Gasteiger partial charge in [-0.3, -0.25) is 14.0 Å². The highest BCUT2D eigenvalue weighted by Gasteiger charge is 2.34. The summed E-state index contributed by atoms with van der Waals surface area (Å²) in [6.45, 7) is 0. The molecule has 0 aliphatic carbocycles. The van der Waals surface area contributed by atoms with Crippen LogP contribution >= 0.6 is 0 Å². The zero-order valence-electron chi connectivity index (χ0n) is 12.3. The summed E-state index contributed by atoms with van der Waals surface area (Å²) in [4.78, 5) is 28.4. The third-order valence-corrected chi connectivity index (χ3v) is 3.39. The number of anilines is 1. The predicted molar refractivity (Wildman–Crippen MR) is 80.8 cm³/mol. The van der Waals surface area contributed by atoms with Gasteiger partial charge in [0.15, 0.2) is 0 Å². The van der Waals surface area contributed by atoms with Crippen LogP contribution in [-0.2, 0) is 6.18 Å². The highest BCUT2D eigenvalue weighted by molar-refractivity contribution is 6.03. The van der Waals surface area contributed by atoms with E-state index in [0.717, 1.165) is 16.7 Å². The van der Waals surface area contributed by atoms with E-state index in [2.05, 4.69) is 10.3 Å². The van der Waals surface area contributed by atoms with E-state index < -0.39 is 29.0 Å². The van der Waals surface area contributed by atoms with Gasteiger partial charge in [-0.05, 0) is 30.3 Å². The van der Waals surface area contributed by atoms with Crippen LogP contribution < -0.4 is 10.9 Å². The van der Waals surface area contributed by atoms with Crippen LogP contribution in [0.25, 0.3) is 5.65 Å². The molecule has 0 aliphatic rings. The average Bonchev–Trinajstić information content (AvgIpc) is 2.56. The van der Waals surface area contributed by atoms with Crippen molar-refractivity contribution in [3.8, 4) is 0 Å². The van der Waals surface area contributed by atoms with Crippen molar-refractivity contribution in [2.45, 2.75) is 6.18 Å². The fourth-order valence-electron chi connectivity index (χ4n) is 2.20. The molecule has 2 heterocycles. The Labute approximate surface area is 137 Å². The first-order valence-corrected chi connectivity index (χ1v) is 6.92. The van der Waals surface area contributed by atoms with Crippen LogP contribution in [0.5, 0.6) is 0 Å². The van der Waals surface area contributed by atoms with Gasteiger partial charge < -0.3 is 5.32 Å². The zero-order valence-corrected chi connectivity index (χ0v) is 12.3. The summed E-state index contributed by atoms with van der Waals surface area (Å²) in [5, 5.41) is 2.14. The van der Waals surface area contributed by atoms with Crippen LogP contribution in [0.15, 0.2) is 53.6 Å². The number of pyridine rings is 1. The monoisotopic (exact) mass is 351 g/mol. The highest BCUT2D eigenvalue weighted by Crippen LogP contribution is 2.33. The lowest BCUT2D eigenvalue weighted by Gasteiger charge is -2.11. The number of aromatic nitrogens is 2. The molecule has 128 valence electrons. The summed E-state index contributed by atoms with van der Waals surface area (Å²) < 4.78 is 52.5. The number of nitrogens with one attached hydrogen (secondary N) is 1. The molecule has 0 saturated carbocycles. The fraction of sp³-hybridized carbons (Fsp3) is 0.0625. The molecule has 5 nitrogen and oxygen atoms in total. The van der Waals surface area contributed by atoms with Crippen LogP contribution in [0.1, 0.15) is 15.9 Å². The Morgan fingerprint density at radius 3 is 2.64 bits per heavy atom. The second-order valence-electron chi connectivity index (χ2n) is 5.05. The summed E-state index contributed by atoms with van der Waals surface area (Å²) in [5.74, 6) is -2.41. The lowest BCUT2D eigenvalue weighted by Crippen LogP contribution is -2.26. The van der Waals surface area contributed by atoms with Crippen LogP contribution in [0.4, 0.5) is 23.2 Å². The van der Waals surface area contributed by atoms with Gasteiger partial charge in [-0.2, -0.15) is 13.2 Å². The van der Waals surface area contributed by atoms with Crippen molar-refractivity contribution in [3.05, 3.63) is 76.1 Å². The van der Waals surface area contributed by atoms with E-state index in [9.17, 15) is 27.2 Å². The molecule has 2 aromatic heterocycles. The Hall–Kier alpha value is -3.23. The first-order chi connectivity index (χ1) is 11.8. The maximum atomic E-state index is 13.3. The molecule has 1 amide bonds. The van der Waals surface area contributed by atoms with Crippen LogP contribution in [-0.4, -0.2) is 15.3 Å². The molecule has 0 saturated heterocycles. The van der Waals surface area contributed by atoms with Crippen molar-refractivity contribution in [2.75, 3.05) is 5.32 Å². The Balaban J connectivity index is 1.96. The Morgan fingerprint density at radius 1 is 1.16 bits per heavy atom. The van der Waals surface area contributed by atoms with Crippen LogP contribution in [0.3, 0.4) is 0 Å². The maximum absolute atomic E-state index is 13.3. The lowest BCUT2D eigenvalue weighted by molar-refractivity contribution is -0.139. The molecule has 0 aliphatic heterocycles. The minimum absolute atomic E-state index is 0.295. The van der Waals surface area contributed by atoms with Crippen LogP contribution in [0.2, 0.25) is 0 Å². The van der Waals surface area contributed by atoms with Gasteiger partial charge in [0, 0.05) is 18.1 Å². The molecule has 1 N–H and O–H groups in total. The van der Waals surface area contributed by atoms with E-state index in [1.54, 1.807) is 18.2 Å². The van der Waals surface area contributed by atoms with Gasteiger partial charge in [0.2, 0.25) is 0 Å². The quantitative estimate of drug-likeness (QED) is 0.722. The van der Waals surface area contributed by atoms with E-state index in [1.165, 1.54) is 6.20 Å². The number of amides is 1. The zero-order chi connectivity index (χ0) is 18.2. The van der Waals surface area contributed by atoms with Gasteiger partial charge in [0.05, 0.1) is 5.56 Å². The van der Waals surface area contributed by atoms with Gasteiger partial charge in [-0.1, -0.05) is 6.07 Å². The number of fused-ring (bicyclic) bond motifs is 1. The minimum Gasteiger partial charge on any atom is -0.322 e. The lowest BCUT2D eigenvalue weighted by atomic mass is 10.1. The molecule has 3 rings (SSSR count). The van der Waals surface area contributed by atoms with Gasteiger partial charge in [0.25, 0.3) is 11.5 Å². The fourth-order valence-corrected chi connectivity index (χ4v) is 2.20. The Morgan fingerprint density at radius 2 is 1.92 bits per heavy atom. The molecule has 0 fully saturated rings. The van der Waals surface area contributed by atoms with E-state index in [-0.39, 0.29) is 11.3 Å². The minimum atomic E-state index is -4.91. The number of hydrogen-bond donors (Lipinski definition) is 1. The number of hydrogen-bond acceptors (Lipinski definition) is 3. The van der Waals surface area contributed by atoms with Gasteiger partial charge in [-0.25, -0.2) is 9.37 Å². The maximum Gasteiger partial charge on any atom is 0.419 e. The molecule has 0 radical (unpaired) electrons. The smallest absolute Gasteiger partial charge is 0.322 e. The topological polar surface area (TPSA) is 63.5 Å². The number of benzene rings is 1. The normalized spacial score (nSPS) is 11.5. The van der Waals surface area contributed by atoms with E-state index in [1.807, 2.05) is 0 Å². The highest BCUT2D eigenvalue weighted by atomic mass is 19.4. The van der Waals surface area contributed by atoms with Crippen molar-refractivity contribution in [1.29, 1.82) is 0 Å². The van der Waals surface area contributed by atoms with E-state index in [0.29, 0.717) is 17.8 Å². The van der Waals surface area contributed by atoms with Gasteiger partial charge >= 0.3 is 6.18 Å². The Kier molecular flexibility index (Phi) is 3.99. The van der Waals surface area contributed by atoms with Crippen LogP contribution in [0, 0.1) is 5.82 Å². The second-order valence-corrected chi connectivity index (χ2v) is 5.05. The van der Waals surface area contributed by atoms with Crippen molar-refractivity contribution in [1.82, 2.24) is 9.38 Å². The molecule has 9 heteroatoms. The second kappa shape index (κ2) is 6.00. The van der Waals surface area contributed by atoms with Crippen molar-refractivity contribution < 1.29 is 22.4 Å². The van der Waals surface area contributed by atoms with Gasteiger partial charge in [0.1, 0.15) is 17.0 Å². The number of halogens is 4. The van der Waals surface area contributed by atoms with Crippen molar-refractivity contribution >= 4 is 17.2 Å². The van der Waals surface area contributed by atoms with Crippen molar-refractivity contribution in [2.24, 2.45) is 0 Å². The van der Waals surface area contributed by atoms with Crippen molar-refractivity contribution in [3.63, 3.8) is 0 Å². The van der Waals surface area contributed by atoms with E-state index in [4.69, 9.17) is 0 Å². The molecule has 3 aromatic rings. The molecule has 1 aromatic carbocycles. The summed E-state index contributed by atoms with van der Waals surface area (Å²) in [6, 6.07) is 6.78. The third-order valence-electron chi connectivity index (χ3n) is 3.39. The number of nitrogens with zero attached hydrogens (tertiary/aromatic N) is 2. The summed E-state index contributed by atoms with van der Waals surface area (Å²) in [5.41, 5.74) is -2.54. The standard InChI is InChI=1S/C16H9F4N3O2/c17-12-5-4-9(7-11(12)16(18,19)20)22-14(24)10-8-21-13-3-1-2-6-23(13)15(10)25/h1-8H,(H,22,24). The Bertz CT molecular complexity index is 1030. The molecule has 0 bridgehead atoms. The molecular formula is C16H9F4N3O2. The molecule has 0 atom stereocenters. The number of rotatable bonds is 2. The average molecular weight is 351 g/mol. The molecule has 0 spiro atoms. The largest absolute Gasteiger partial charge is 0.419 e. The predicted octanol–water partition coefficient (Wildman–Crippen LogP) is 3.10. The molecule has 25 heavy (non-hydrogen) atoms. The number of carbonyl (C=O) groups excluding carboxylic acids is 1. The summed E-state index contributed by atoms with van der Waals surface area (Å²) in [6.07, 6.45) is -2.48. The molecule has 0 unspecified atom stereocenters. The number of carbonyl (C=O) groups is 1. The third kappa shape index (κ3) is 3.21. The van der Waals surface area contributed by atoms with E-state index >= 15 is 0 Å². The summed E-state index contributed by atoms with van der Waals surface area (Å²) in [7, 11) is 0. The summed E-state index contributed by atoms with van der Waals surface area (Å²) >= 11 is 0. The molecular weight excluding hydrogens is 342 g/mol.